The van der Waals surface area contributed by atoms with Crippen LogP contribution in [0.3, 0.4) is 0 Å². The number of halogens is 4. The van der Waals surface area contributed by atoms with Crippen LogP contribution in [0.5, 0.6) is 5.75 Å². The summed E-state index contributed by atoms with van der Waals surface area (Å²) in [6, 6.07) is 14.1. The molecule has 0 fully saturated rings. The van der Waals surface area contributed by atoms with E-state index in [0.29, 0.717) is 27.7 Å². The van der Waals surface area contributed by atoms with E-state index in [1.807, 2.05) is 23.6 Å². The smallest absolute Gasteiger partial charge is 0.246 e. The minimum atomic E-state index is -0.437. The Bertz CT molecular complexity index is 1690. The molecule has 2 aromatic carbocycles. The first-order valence-electron chi connectivity index (χ1n) is 12.8. The van der Waals surface area contributed by atoms with Gasteiger partial charge in [-0.05, 0) is 70.9 Å². The third-order valence-corrected chi connectivity index (χ3v) is 8.31. The molecule has 0 aliphatic rings. The zero-order valence-corrected chi connectivity index (χ0v) is 27.6. The average Bonchev–Trinajstić information content (AvgIpc) is 3.27. The fourth-order valence-electron chi connectivity index (χ4n) is 4.00. The molecular formula is C30H29BrCl3N5O4. The molecule has 3 amide bonds. The Hall–Kier alpha value is -3.57. The molecule has 0 saturated carbocycles. The van der Waals surface area contributed by atoms with Crippen molar-refractivity contribution < 1.29 is 19.1 Å². The molecule has 4 rings (SSSR count). The number of aryl methyl sites for hydroxylation is 1. The molecule has 13 heteroatoms. The van der Waals surface area contributed by atoms with Gasteiger partial charge in [0.25, 0.3) is 0 Å². The van der Waals surface area contributed by atoms with Gasteiger partial charge < -0.3 is 19.9 Å². The van der Waals surface area contributed by atoms with Crippen LogP contribution in [0.1, 0.15) is 23.7 Å². The van der Waals surface area contributed by atoms with Crippen molar-refractivity contribution in [3.05, 3.63) is 92.3 Å². The monoisotopic (exact) mass is 707 g/mol. The Morgan fingerprint density at radius 2 is 1.77 bits per heavy atom. The first kappa shape index (κ1) is 33.9. The molecule has 0 aliphatic carbocycles. The van der Waals surface area contributed by atoms with Crippen molar-refractivity contribution in [3.8, 4) is 5.75 Å². The van der Waals surface area contributed by atoms with Gasteiger partial charge in [-0.15, -0.1) is 12.4 Å². The van der Waals surface area contributed by atoms with Gasteiger partial charge in [-0.25, -0.2) is 4.98 Å². The molecule has 226 valence electrons. The zero-order chi connectivity index (χ0) is 30.6. The van der Waals surface area contributed by atoms with E-state index in [0.717, 1.165) is 21.5 Å². The normalized spacial score (nSPS) is 10.9. The first-order chi connectivity index (χ1) is 20.0. The topological polar surface area (TPSA) is 96.2 Å². The van der Waals surface area contributed by atoms with Crippen LogP contribution in [0, 0.1) is 6.92 Å². The number of likely N-dealkylation sites (N-methyl/N-ethyl adjacent to an activating group) is 1. The summed E-state index contributed by atoms with van der Waals surface area (Å²) in [4.78, 5) is 44.2. The summed E-state index contributed by atoms with van der Waals surface area (Å²) in [5.41, 5.74) is 3.89. The van der Waals surface area contributed by atoms with Gasteiger partial charge in [0.15, 0.2) is 11.4 Å². The van der Waals surface area contributed by atoms with Crippen LogP contribution in [0.25, 0.3) is 11.7 Å². The summed E-state index contributed by atoms with van der Waals surface area (Å²) < 4.78 is 8.74. The molecule has 0 saturated heterocycles. The summed E-state index contributed by atoms with van der Waals surface area (Å²) in [7, 11) is 3.25. The van der Waals surface area contributed by atoms with E-state index < -0.39 is 5.91 Å². The minimum absolute atomic E-state index is 0. The number of nitrogens with zero attached hydrogens (tertiary/aromatic N) is 4. The third-order valence-electron chi connectivity index (χ3n) is 6.58. The summed E-state index contributed by atoms with van der Waals surface area (Å²) in [6.07, 6.45) is 4.82. The number of imidazole rings is 1. The Balaban J connectivity index is 0.00000506. The van der Waals surface area contributed by atoms with Crippen LogP contribution >= 0.6 is 51.5 Å². The van der Waals surface area contributed by atoms with Gasteiger partial charge in [-0.2, -0.15) is 0 Å². The standard InChI is InChI=1S/C30H28BrCl2N5O4.ClH/c1-18-29(31)38-15-5-6-25(30(38)35-18)42-17-22-23(32)12-13-24(28(22)33)37(4)27(41)16-34-26(40)14-9-20-7-10-21(11-8-20)36(3)19(2)39;/h5-15H,16-17H2,1-4H3,(H,34,40);1H. The molecule has 43 heavy (non-hydrogen) atoms. The highest BCUT2D eigenvalue weighted by Crippen LogP contribution is 2.35. The number of benzene rings is 2. The maximum absolute atomic E-state index is 12.9. The summed E-state index contributed by atoms with van der Waals surface area (Å²) in [5.74, 6) is -0.355. The maximum Gasteiger partial charge on any atom is 0.246 e. The Morgan fingerprint density at radius 1 is 1.07 bits per heavy atom. The highest BCUT2D eigenvalue weighted by atomic mass is 79.9. The van der Waals surface area contributed by atoms with E-state index in [2.05, 4.69) is 26.2 Å². The van der Waals surface area contributed by atoms with Crippen LogP contribution in [0.4, 0.5) is 11.4 Å². The highest BCUT2D eigenvalue weighted by molar-refractivity contribution is 9.10. The van der Waals surface area contributed by atoms with Gasteiger partial charge in [0, 0.05) is 49.6 Å². The van der Waals surface area contributed by atoms with Crippen molar-refractivity contribution in [2.24, 2.45) is 0 Å². The number of carbonyl (C=O) groups is 3. The first-order valence-corrected chi connectivity index (χ1v) is 14.3. The number of hydrogen-bond acceptors (Lipinski definition) is 5. The molecule has 0 atom stereocenters. The number of rotatable bonds is 9. The van der Waals surface area contributed by atoms with Gasteiger partial charge >= 0.3 is 0 Å². The summed E-state index contributed by atoms with van der Waals surface area (Å²) >= 11 is 16.7. The van der Waals surface area contributed by atoms with Crippen molar-refractivity contribution in [1.82, 2.24) is 14.7 Å². The molecule has 1 N–H and O–H groups in total. The fourth-order valence-corrected chi connectivity index (χ4v) is 4.98. The summed E-state index contributed by atoms with van der Waals surface area (Å²) in [5, 5.41) is 3.23. The van der Waals surface area contributed by atoms with E-state index in [1.165, 1.54) is 22.8 Å². The molecule has 9 nitrogen and oxygen atoms in total. The molecule has 2 aromatic heterocycles. The number of carbonyl (C=O) groups excluding carboxylic acids is 3. The van der Waals surface area contributed by atoms with E-state index >= 15 is 0 Å². The van der Waals surface area contributed by atoms with Crippen LogP contribution in [0.2, 0.25) is 10.0 Å². The molecular weight excluding hydrogens is 681 g/mol. The molecule has 0 spiro atoms. The zero-order valence-electron chi connectivity index (χ0n) is 23.7. The molecule has 0 bridgehead atoms. The van der Waals surface area contributed by atoms with Crippen molar-refractivity contribution in [2.75, 3.05) is 30.4 Å². The minimum Gasteiger partial charge on any atom is -0.485 e. The molecule has 0 radical (unpaired) electrons. The Labute approximate surface area is 274 Å². The molecule has 2 heterocycles. The second-order valence-electron chi connectivity index (χ2n) is 9.38. The van der Waals surface area contributed by atoms with Crippen molar-refractivity contribution in [2.45, 2.75) is 20.5 Å². The van der Waals surface area contributed by atoms with Crippen molar-refractivity contribution in [1.29, 1.82) is 0 Å². The van der Waals surface area contributed by atoms with Crippen molar-refractivity contribution >= 4 is 92.4 Å². The third kappa shape index (κ3) is 7.88. The fraction of sp³-hybridized carbons (Fsp3) is 0.200. The quantitative estimate of drug-likeness (QED) is 0.201. The number of anilines is 2. The van der Waals surface area contributed by atoms with E-state index in [1.54, 1.807) is 62.6 Å². The number of hydrogen-bond donors (Lipinski definition) is 1. The number of aromatic nitrogens is 2. The van der Waals surface area contributed by atoms with Gasteiger partial charge in [0.1, 0.15) is 11.2 Å². The number of nitrogens with one attached hydrogen (secondary N) is 1. The van der Waals surface area contributed by atoms with Gasteiger partial charge in [-0.3, -0.25) is 18.8 Å². The van der Waals surface area contributed by atoms with Crippen LogP contribution in [0.15, 0.2) is 65.4 Å². The van der Waals surface area contributed by atoms with E-state index in [9.17, 15) is 14.4 Å². The number of pyridine rings is 1. The average molecular weight is 710 g/mol. The van der Waals surface area contributed by atoms with E-state index in [4.69, 9.17) is 27.9 Å². The van der Waals surface area contributed by atoms with Gasteiger partial charge in [-0.1, -0.05) is 35.3 Å². The lowest BCUT2D eigenvalue weighted by atomic mass is 10.2. The molecule has 4 aromatic rings. The lowest BCUT2D eigenvalue weighted by Gasteiger charge is -2.21. The molecule has 0 aliphatic heterocycles. The lowest BCUT2D eigenvalue weighted by molar-refractivity contribution is -0.122. The number of amides is 3. The second-order valence-corrected chi connectivity index (χ2v) is 10.9. The van der Waals surface area contributed by atoms with Gasteiger partial charge in [0.05, 0.1) is 22.9 Å². The number of fused-ring (bicyclic) bond motifs is 1. The Kier molecular flexibility index (Phi) is 11.6. The Morgan fingerprint density at radius 3 is 2.44 bits per heavy atom. The summed E-state index contributed by atoms with van der Waals surface area (Å²) in [6.45, 7) is 3.17. The lowest BCUT2D eigenvalue weighted by Crippen LogP contribution is -2.37. The highest BCUT2D eigenvalue weighted by Gasteiger charge is 2.20. The maximum atomic E-state index is 12.9. The number of ether oxygens (including phenoxy) is 1. The van der Waals surface area contributed by atoms with Crippen LogP contribution in [-0.4, -0.2) is 47.7 Å². The molecule has 0 unspecified atom stereocenters. The predicted octanol–water partition coefficient (Wildman–Crippen LogP) is 6.49. The van der Waals surface area contributed by atoms with Crippen LogP contribution in [-0.2, 0) is 21.0 Å². The second kappa shape index (κ2) is 14.7. The SMILES string of the molecule is CC(=O)N(C)c1ccc(C=CC(=O)NCC(=O)N(C)c2ccc(Cl)c(COc3cccn4c(Br)c(C)nc34)c2Cl)cc1.Cl. The van der Waals surface area contributed by atoms with E-state index in [-0.39, 0.29) is 42.4 Å². The van der Waals surface area contributed by atoms with Gasteiger partial charge in [0.2, 0.25) is 17.7 Å². The predicted molar refractivity (Wildman–Crippen MR) is 177 cm³/mol. The van der Waals surface area contributed by atoms with Crippen LogP contribution < -0.4 is 19.9 Å². The largest absolute Gasteiger partial charge is 0.485 e. The van der Waals surface area contributed by atoms with Crippen molar-refractivity contribution in [3.63, 3.8) is 0 Å².